The fourth-order valence-electron chi connectivity index (χ4n) is 0.407. The third-order valence-corrected chi connectivity index (χ3v) is 1.69. The second kappa shape index (κ2) is 24.6. The molecule has 0 saturated carbocycles. The maximum absolute atomic E-state index is 5.10. The van der Waals surface area contributed by atoms with Crippen LogP contribution in [-0.2, 0) is 17.1 Å². The zero-order valence-corrected chi connectivity index (χ0v) is 13.9. The molecule has 4 nitrogen and oxygen atoms in total. The largest absolute Gasteiger partial charge is 3.00 e. The quantitative estimate of drug-likeness (QED) is 0.311. The van der Waals surface area contributed by atoms with E-state index >= 15 is 0 Å². The minimum Gasteiger partial charge on any atom is 0 e. The van der Waals surface area contributed by atoms with Crippen molar-refractivity contribution in [1.29, 1.82) is 0 Å². The van der Waals surface area contributed by atoms with E-state index in [1.807, 2.05) is 0 Å². The van der Waals surface area contributed by atoms with Crippen molar-refractivity contribution >= 4 is 33.2 Å². The molecule has 14 heavy (non-hydrogen) atoms. The maximum atomic E-state index is 5.10. The Kier molecular flexibility index (Phi) is 44.7. The molecule has 0 unspecified atom stereocenters. The van der Waals surface area contributed by atoms with Crippen LogP contribution in [0, 0.1) is 0 Å². The summed E-state index contributed by atoms with van der Waals surface area (Å²) >= 11 is -0.349. The minimum atomic E-state index is -0.349. The molecular formula is C6H18Al2LiNaO4+6. The molecular weight excluding hydrogens is 220 g/mol. The number of hydrogen-bond donors (Lipinski definition) is 0. The predicted molar refractivity (Wildman–Crippen MR) is 51.4 cm³/mol. The fourth-order valence-corrected chi connectivity index (χ4v) is 0.888. The molecule has 0 aromatic carbocycles. The van der Waals surface area contributed by atoms with Gasteiger partial charge in [0.2, 0.25) is 0 Å². The van der Waals surface area contributed by atoms with E-state index in [1.165, 1.54) is 0 Å². The van der Waals surface area contributed by atoms with Gasteiger partial charge in [0.05, 0.1) is 0 Å². The van der Waals surface area contributed by atoms with Gasteiger partial charge < -0.3 is 0 Å². The van der Waals surface area contributed by atoms with Crippen LogP contribution in [0.3, 0.4) is 0 Å². The molecule has 0 heterocycles. The van der Waals surface area contributed by atoms with Crippen molar-refractivity contribution in [3.05, 3.63) is 0 Å². The number of ether oxygens (including phenoxy) is 2. The Morgan fingerprint density at radius 3 is 1.57 bits per heavy atom. The number of hydrogen-bond acceptors (Lipinski definition) is 4. The zero-order chi connectivity index (χ0) is 8.36. The second-order valence-electron chi connectivity index (χ2n) is 1.82. The fraction of sp³-hybridized carbons (Fsp3) is 1.00. The molecule has 0 spiro atoms. The standard InChI is InChI=1S/2C3H7O2.2Al.Li.Na.2H2/c2*1-5-3-2-4;;;;;;/h2*2-3H2,1H3;;;;;2*1H/q2*-1;2*+3;2*+1;;. The summed E-state index contributed by atoms with van der Waals surface area (Å²) in [6, 6.07) is 0. The first kappa shape index (κ1) is 25.4. The van der Waals surface area contributed by atoms with Crippen LogP contribution in [0.2, 0.25) is 0 Å². The molecule has 8 heteroatoms. The van der Waals surface area contributed by atoms with E-state index in [9.17, 15) is 0 Å². The molecule has 0 atom stereocenters. The molecule has 0 N–H and O–H groups in total. The predicted octanol–water partition coefficient (Wildman–Crippen LogP) is -6.03. The summed E-state index contributed by atoms with van der Waals surface area (Å²) in [5.74, 6) is 0. The molecule has 0 bridgehead atoms. The Morgan fingerprint density at radius 1 is 0.929 bits per heavy atom. The van der Waals surface area contributed by atoms with Crippen LogP contribution in [-0.4, -0.2) is 73.9 Å². The third kappa shape index (κ3) is 24.0. The summed E-state index contributed by atoms with van der Waals surface area (Å²) in [5, 5.41) is 0. The van der Waals surface area contributed by atoms with Gasteiger partial charge in [0.25, 0.3) is 0 Å². The first-order chi connectivity index (χ1) is 5.41. The molecule has 0 radical (unpaired) electrons. The van der Waals surface area contributed by atoms with Gasteiger partial charge in [-0.05, 0) is 0 Å². The molecule has 0 aliphatic rings. The minimum absolute atomic E-state index is 0. The summed E-state index contributed by atoms with van der Waals surface area (Å²) in [4.78, 5) is 0. The maximum Gasteiger partial charge on any atom is 3.00 e. The Morgan fingerprint density at radius 2 is 1.29 bits per heavy atom. The molecule has 0 rings (SSSR count). The average molecular weight is 238 g/mol. The van der Waals surface area contributed by atoms with E-state index in [0.717, 1.165) is 0 Å². The van der Waals surface area contributed by atoms with Crippen molar-refractivity contribution < 1.29 is 68.3 Å². The third-order valence-electron chi connectivity index (χ3n) is 0.947. The van der Waals surface area contributed by atoms with Crippen LogP contribution < -0.4 is 48.4 Å². The summed E-state index contributed by atoms with van der Waals surface area (Å²) in [6.45, 7) is 2.47. The summed E-state index contributed by atoms with van der Waals surface area (Å²) in [6.07, 6.45) is 0. The van der Waals surface area contributed by atoms with Crippen molar-refractivity contribution in [3.63, 3.8) is 0 Å². The van der Waals surface area contributed by atoms with E-state index in [1.54, 1.807) is 14.2 Å². The molecule has 0 aliphatic heterocycles. The van der Waals surface area contributed by atoms with Crippen LogP contribution in [0.1, 0.15) is 2.85 Å². The zero-order valence-electron chi connectivity index (χ0n) is 9.62. The van der Waals surface area contributed by atoms with Gasteiger partial charge in [-0.2, -0.15) is 0 Å². The van der Waals surface area contributed by atoms with E-state index in [-0.39, 0.29) is 84.5 Å². The van der Waals surface area contributed by atoms with Crippen LogP contribution in [0.15, 0.2) is 0 Å². The van der Waals surface area contributed by atoms with Crippen molar-refractivity contribution in [2.45, 2.75) is 0 Å². The van der Waals surface area contributed by atoms with E-state index in [2.05, 4.69) is 0 Å². The molecule has 0 aromatic rings. The summed E-state index contributed by atoms with van der Waals surface area (Å²) in [7, 11) is 3.29. The van der Waals surface area contributed by atoms with Gasteiger partial charge >= 0.3 is 139 Å². The van der Waals surface area contributed by atoms with Gasteiger partial charge in [0.15, 0.2) is 0 Å². The molecule has 68 valence electrons. The SMILES string of the molecule is COCC[O][Al+][O]CCOC.[Al+3].[HH].[HH].[Li+].[Na+]. The smallest absolute Gasteiger partial charge is 0 e. The van der Waals surface area contributed by atoms with Crippen molar-refractivity contribution in [3.8, 4) is 0 Å². The van der Waals surface area contributed by atoms with E-state index in [4.69, 9.17) is 17.1 Å². The van der Waals surface area contributed by atoms with E-state index < -0.39 is 0 Å². The van der Waals surface area contributed by atoms with Crippen LogP contribution in [0.5, 0.6) is 0 Å². The van der Waals surface area contributed by atoms with Gasteiger partial charge in [-0.3, -0.25) is 0 Å². The van der Waals surface area contributed by atoms with Crippen LogP contribution in [0.25, 0.3) is 0 Å². The first-order valence-electron chi connectivity index (χ1n) is 3.44. The molecule has 0 aromatic heterocycles. The topological polar surface area (TPSA) is 36.9 Å². The summed E-state index contributed by atoms with van der Waals surface area (Å²) < 4.78 is 19.8. The number of rotatable bonds is 8. The van der Waals surface area contributed by atoms with Gasteiger partial charge in [-0.1, -0.05) is 0 Å². The Hall–Kier alpha value is 2.50. The van der Waals surface area contributed by atoms with Gasteiger partial charge in [0, 0.05) is 2.85 Å². The van der Waals surface area contributed by atoms with Gasteiger partial charge in [-0.25, -0.2) is 0 Å². The molecule has 0 saturated heterocycles. The number of methoxy groups -OCH3 is 2. The normalized spacial score (nSPS) is 7.57. The average Bonchev–Trinajstić information content (AvgIpc) is 2.03. The van der Waals surface area contributed by atoms with Crippen molar-refractivity contribution in [2.24, 2.45) is 0 Å². The summed E-state index contributed by atoms with van der Waals surface area (Å²) in [5.41, 5.74) is 0. The van der Waals surface area contributed by atoms with Gasteiger partial charge in [-0.15, -0.1) is 0 Å². The van der Waals surface area contributed by atoms with Crippen molar-refractivity contribution in [1.82, 2.24) is 0 Å². The van der Waals surface area contributed by atoms with E-state index in [0.29, 0.717) is 26.4 Å². The van der Waals surface area contributed by atoms with Crippen LogP contribution in [0.4, 0.5) is 0 Å². The van der Waals surface area contributed by atoms with Crippen molar-refractivity contribution in [2.75, 3.05) is 40.6 Å². The first-order valence-corrected chi connectivity index (χ1v) is 4.39. The Balaban J connectivity index is -0.0000000500. The molecule has 0 amide bonds. The molecule has 0 fully saturated rings. The van der Waals surface area contributed by atoms with Crippen LogP contribution >= 0.6 is 0 Å². The Bertz CT molecular complexity index is 85.5. The molecule has 0 aliphatic carbocycles. The second-order valence-corrected chi connectivity index (χ2v) is 2.68. The monoisotopic (exact) mass is 238 g/mol. The van der Waals surface area contributed by atoms with Gasteiger partial charge in [0.1, 0.15) is 0 Å². The Labute approximate surface area is 141 Å².